The second-order valence-corrected chi connectivity index (χ2v) is 31.5. The highest BCUT2D eigenvalue weighted by molar-refractivity contribution is 8.01. The molecule has 117 heavy (non-hydrogen) atoms. The number of rotatable bonds is 32. The Morgan fingerprint density at radius 2 is 1.03 bits per heavy atom. The summed E-state index contributed by atoms with van der Waals surface area (Å²) in [5.41, 5.74) is 3.95. The predicted octanol–water partition coefficient (Wildman–Crippen LogP) is 16.1. The van der Waals surface area contributed by atoms with E-state index in [-0.39, 0.29) is 107 Å². The molecule has 0 spiro atoms. The average molecular weight is 1730 g/mol. The Morgan fingerprint density at radius 1 is 0.564 bits per heavy atom. The first kappa shape index (κ1) is 89.2. The van der Waals surface area contributed by atoms with Gasteiger partial charge in [-0.1, -0.05) is 211 Å². The molecule has 9 aromatic heterocycles. The fraction of sp³-hybridized carbons (Fsp3) is 0.318. The largest absolute Gasteiger partial charge is 0.465 e. The van der Waals surface area contributed by atoms with Crippen LogP contribution in [0, 0.1) is 62.1 Å². The normalized spacial score (nSPS) is 11.8. The number of benzene rings is 2. The third-order valence-corrected chi connectivity index (χ3v) is 21.4. The van der Waals surface area contributed by atoms with Gasteiger partial charge in [0.25, 0.3) is 67.8 Å². The van der Waals surface area contributed by atoms with Gasteiger partial charge < -0.3 is 47.7 Å². The number of carbonyl (C=O) groups excluding carboxylic acids is 4. The molecule has 3 N–H and O–H groups in total. The average Bonchev–Trinajstić information content (AvgIpc) is 1.60. The summed E-state index contributed by atoms with van der Waals surface area (Å²) < 4.78 is 52.0. The van der Waals surface area contributed by atoms with Gasteiger partial charge in [-0.2, -0.15) is 30.9 Å². The van der Waals surface area contributed by atoms with Crippen LogP contribution in [0.25, 0.3) is 45.8 Å². The first-order valence-corrected chi connectivity index (χ1v) is 41.6. The first-order valence-electron chi connectivity index (χ1n) is 33.6. The van der Waals surface area contributed by atoms with Crippen molar-refractivity contribution in [2.75, 3.05) is 42.8 Å². The number of aromatic amines is 1. The maximum Gasteiger partial charge on any atom is 0.347 e. The zero-order chi connectivity index (χ0) is 84.6. The highest BCUT2D eigenvalue weighted by Crippen LogP contribution is 2.41. The lowest BCUT2D eigenvalue weighted by Gasteiger charge is -2.08. The third-order valence-electron chi connectivity index (χ3n) is 14.1. The molecule has 11 rings (SSSR count). The molecule has 3 unspecified atom stereocenters. The number of aryl methyl sites for hydroxylation is 1. The highest BCUT2D eigenvalue weighted by atomic mass is 32.2. The number of nitrogens with zero attached hydrogens (tertiary/aromatic N) is 31. The Balaban J connectivity index is 0.000000195. The zero-order valence-electron chi connectivity index (χ0n) is 62.1. The second-order valence-electron chi connectivity index (χ2n) is 21.5. The van der Waals surface area contributed by atoms with Crippen LogP contribution in [-0.2, 0) is 64.7 Å². The number of sulfonamides is 1. The molecular weight excluding hydrogens is 1670 g/mol. The maximum absolute atomic E-state index is 12.8. The van der Waals surface area contributed by atoms with Crippen molar-refractivity contribution in [1.29, 1.82) is 10.5 Å². The molecule has 0 saturated carbocycles. The van der Waals surface area contributed by atoms with Crippen LogP contribution in [-0.4, -0.2) is 154 Å². The molecular formula is C66H59N33O10S8. The number of primary sulfonamides is 1. The summed E-state index contributed by atoms with van der Waals surface area (Å²) in [5, 5.41) is 82.5. The van der Waals surface area contributed by atoms with Gasteiger partial charge >= 0.3 is 41.4 Å². The second kappa shape index (κ2) is 44.4. The van der Waals surface area contributed by atoms with Crippen LogP contribution < -0.4 is 5.14 Å². The van der Waals surface area contributed by atoms with E-state index in [2.05, 4.69) is 138 Å². The highest BCUT2D eigenvalue weighted by Gasteiger charge is 2.39. The topological polar surface area (TPSA) is 519 Å². The van der Waals surface area contributed by atoms with Crippen molar-refractivity contribution >= 4 is 193 Å². The number of nitrogens with two attached hydrogens (primary N) is 1. The fourth-order valence-electron chi connectivity index (χ4n) is 9.31. The van der Waals surface area contributed by atoms with Crippen molar-refractivity contribution in [2.45, 2.75) is 110 Å². The van der Waals surface area contributed by atoms with E-state index in [0.29, 0.717) is 50.1 Å². The molecule has 0 bridgehead atoms. The quantitative estimate of drug-likeness (QED) is 0.00987. The van der Waals surface area contributed by atoms with Gasteiger partial charge in [0, 0.05) is 5.56 Å². The standard InChI is InChI=1S/C18H15N9O3S3.C17H17N7O2S3.C16H14N8O3.C15H13N9O2S2/c1-4-31-18-26-25-17(32-18)24-23-16(33(19,29)30)15-22-13(20-2)14(21-3)27(15)10-12(28)11-8-6-5-7-9-11;1-3-26-12(25)9-28-15-13(19-20-16-21-22-17(29-16)27-4-2)14-18-10-7-5-6-8-11(10)24(14)23-15;1-5-10-9-27-16(20-10)23-22-11(7-17)14-21-13(18-3)15(19-4)24(14)8-12(25)26-6-2;1-5-26-10(25)8-24-12(19-11(17-3)13(24)18-4)9(7-16)20-21-14-22-23-15(28-14)27-6-2/h5-9,16H,4,10H2,1H3,(H2,19,29,30);5-8,23H,3-4,9H2,1-2H3;9,11H,5-6,8H2,1-2H3;9H,5-6,8H2,1-2H3. The van der Waals surface area contributed by atoms with Gasteiger partial charge in [0.1, 0.15) is 30.0 Å². The third kappa shape index (κ3) is 23.9. The van der Waals surface area contributed by atoms with Crippen LogP contribution in [0.5, 0.6) is 0 Å². The first-order chi connectivity index (χ1) is 56.6. The van der Waals surface area contributed by atoms with E-state index in [0.717, 1.165) is 62.0 Å². The van der Waals surface area contributed by atoms with E-state index in [1.807, 2.05) is 61.7 Å². The lowest BCUT2D eigenvalue weighted by molar-refractivity contribution is -0.144. The number of ketones is 1. The molecule has 0 fully saturated rings. The van der Waals surface area contributed by atoms with Gasteiger partial charge in [0.15, 0.2) is 37.4 Å². The number of para-hydroxylation sites is 2. The number of nitrogens with one attached hydrogen (secondary N) is 1. The minimum absolute atomic E-state index is 0.0357. The molecule has 2 aromatic carbocycles. The molecule has 596 valence electrons. The molecule has 0 aliphatic rings. The monoisotopic (exact) mass is 1730 g/mol. The molecule has 0 aliphatic heterocycles. The van der Waals surface area contributed by atoms with Crippen molar-refractivity contribution in [3.8, 4) is 12.1 Å². The molecule has 9 heterocycles. The number of hydrogen-bond donors (Lipinski definition) is 2. The van der Waals surface area contributed by atoms with E-state index in [1.165, 1.54) is 64.2 Å². The van der Waals surface area contributed by atoms with Crippen LogP contribution in [0.1, 0.15) is 99.4 Å². The maximum atomic E-state index is 12.8. The number of azo groups is 4. The van der Waals surface area contributed by atoms with E-state index in [1.54, 1.807) is 62.9 Å². The number of nitriles is 2. The number of H-pyrrole nitrogens is 1. The number of thioether (sulfide) groups is 4. The Bertz CT molecular complexity index is 5990. The molecule has 0 radical (unpaired) electrons. The lowest BCUT2D eigenvalue weighted by atomic mass is 10.1. The summed E-state index contributed by atoms with van der Waals surface area (Å²) in [6, 6.07) is 17.2. The summed E-state index contributed by atoms with van der Waals surface area (Å²) in [6.45, 7) is 55.9. The molecule has 0 amide bonds. The summed E-state index contributed by atoms with van der Waals surface area (Å²) in [6.07, 6.45) is 2.07. The minimum atomic E-state index is -4.44. The fourth-order valence-corrected chi connectivity index (χ4v) is 15.4. The van der Waals surface area contributed by atoms with Gasteiger partial charge in [-0.15, -0.1) is 51.0 Å². The zero-order valence-corrected chi connectivity index (χ0v) is 68.6. The number of imidazole rings is 4. The summed E-state index contributed by atoms with van der Waals surface area (Å²) in [5.74, 6) is -1.23. The minimum Gasteiger partial charge on any atom is -0.465 e. The van der Waals surface area contributed by atoms with Crippen molar-refractivity contribution in [1.82, 2.24) is 78.8 Å². The summed E-state index contributed by atoms with van der Waals surface area (Å²) in [7, 11) is -4.44. The van der Waals surface area contributed by atoms with Gasteiger partial charge in [0.2, 0.25) is 15.8 Å². The smallest absolute Gasteiger partial charge is 0.347 e. The van der Waals surface area contributed by atoms with Crippen LogP contribution in [0.2, 0.25) is 0 Å². The summed E-state index contributed by atoms with van der Waals surface area (Å²) in [4.78, 5) is 88.2. The Kier molecular flexibility index (Phi) is 33.8. The number of hydrogen-bond acceptors (Lipinski definition) is 38. The number of Topliss-reactive ketones (excluding diaryl/α,β-unsaturated/α-hetero) is 1. The summed E-state index contributed by atoms with van der Waals surface area (Å²) >= 11 is 9.54. The number of aromatic nitrogens is 16. The predicted molar refractivity (Wildman–Crippen MR) is 428 cm³/mol. The Labute approximate surface area is 693 Å². The van der Waals surface area contributed by atoms with Crippen molar-refractivity contribution in [3.05, 3.63) is 158 Å². The van der Waals surface area contributed by atoms with E-state index in [4.69, 9.17) is 63.2 Å². The number of esters is 3. The van der Waals surface area contributed by atoms with Crippen molar-refractivity contribution in [3.63, 3.8) is 0 Å². The van der Waals surface area contributed by atoms with Gasteiger partial charge in [-0.25, -0.2) is 32.6 Å². The van der Waals surface area contributed by atoms with Gasteiger partial charge in [-0.05, 0) is 56.6 Å². The van der Waals surface area contributed by atoms with Gasteiger partial charge in [-0.3, -0.25) is 28.4 Å². The number of ether oxygens (including phenoxy) is 3. The number of fused-ring (bicyclic) bond motifs is 3. The molecule has 11 aromatic rings. The molecule has 43 nitrogen and oxygen atoms in total. The van der Waals surface area contributed by atoms with Crippen LogP contribution in [0.4, 0.5) is 62.0 Å². The van der Waals surface area contributed by atoms with Crippen molar-refractivity contribution in [2.24, 2.45) is 46.1 Å². The SMILES string of the molecule is CCOC(=O)CSc1[nH]n2c(nc3ccccc32)c1N=Nc1nnc(SCC)s1.[C-]#[N+]c1nc(C(C#N)N=Nc2nc(CC)co2)n(CC(=O)OCC)c1[N+]#[C-].[C-]#[N+]c1nc(C(C#N)N=Nc2nnc(SCC)s2)n(CC(=O)OCC)c1[N+]#[C-].[C-]#[N+]c1nc(C(N=Nc2nnc(SCC)s2)S(N)(=O)=O)n(CC(=O)c2ccccc2)c1[N+]#[C-]. The Hall–Kier alpha value is -13.3. The van der Waals surface area contributed by atoms with Crippen molar-refractivity contribution < 1.29 is 46.2 Å². The van der Waals surface area contributed by atoms with Gasteiger partial charge in [0.05, 0.1) is 42.3 Å². The molecule has 0 saturated heterocycles. The van der Waals surface area contributed by atoms with E-state index >= 15 is 0 Å². The van der Waals surface area contributed by atoms with E-state index < -0.39 is 51.7 Å². The lowest BCUT2D eigenvalue weighted by Crippen LogP contribution is -2.24. The number of carbonyl (C=O) groups is 4. The Morgan fingerprint density at radius 3 is 1.49 bits per heavy atom. The van der Waals surface area contributed by atoms with E-state index in [9.17, 15) is 38.1 Å². The van der Waals surface area contributed by atoms with Crippen LogP contribution in [0.3, 0.4) is 0 Å². The molecule has 51 heteroatoms. The van der Waals surface area contributed by atoms with Crippen LogP contribution in [0.15, 0.2) is 124 Å². The molecule has 0 aliphatic carbocycles. The molecule has 3 atom stereocenters. The van der Waals surface area contributed by atoms with Crippen LogP contribution >= 0.6 is 81.1 Å². The number of oxazole rings is 1.